The van der Waals surface area contributed by atoms with Crippen LogP contribution in [0.3, 0.4) is 0 Å². The molecule has 3 aromatic rings. The number of carbonyl (C=O) groups excluding carboxylic acids is 3. The van der Waals surface area contributed by atoms with Gasteiger partial charge in [-0.15, -0.1) is 9.46 Å². The second-order valence-electron chi connectivity index (χ2n) is 17.7. The lowest BCUT2D eigenvalue weighted by molar-refractivity contribution is -0.141. The first-order chi connectivity index (χ1) is 28.7. The normalized spacial score (nSPS) is 30.2. The van der Waals surface area contributed by atoms with Gasteiger partial charge in [0.05, 0.1) is 37.2 Å². The van der Waals surface area contributed by atoms with Gasteiger partial charge in [0.1, 0.15) is 21.2 Å². The summed E-state index contributed by atoms with van der Waals surface area (Å²) in [4.78, 5) is 48.2. The summed E-state index contributed by atoms with van der Waals surface area (Å²) in [6.45, 7) is 6.16. The third kappa shape index (κ3) is 8.55. The molecule has 8 rings (SSSR count). The zero-order valence-electron chi connectivity index (χ0n) is 34.9. The molecule has 2 N–H and O–H groups in total. The first-order valence-electron chi connectivity index (χ1n) is 21.0. The molecule has 4 heterocycles. The molecule has 1 spiro atoms. The molecule has 60 heavy (non-hydrogen) atoms. The Kier molecular flexibility index (Phi) is 11.8. The minimum absolute atomic E-state index is 0.0315. The number of aryl methyl sites for hydroxylation is 2. The number of likely N-dealkylation sites (N-methyl/N-ethyl adjacent to an activating group) is 1. The van der Waals surface area contributed by atoms with E-state index in [9.17, 15) is 23.7 Å². The van der Waals surface area contributed by atoms with Crippen molar-refractivity contribution in [2.24, 2.45) is 29.2 Å². The van der Waals surface area contributed by atoms with Crippen LogP contribution in [0.4, 0.5) is 5.69 Å². The topological polar surface area (TPSA) is 159 Å². The monoisotopic (exact) mass is 861 g/mol. The van der Waals surface area contributed by atoms with Crippen molar-refractivity contribution in [2.75, 3.05) is 70.7 Å². The van der Waals surface area contributed by atoms with Gasteiger partial charge in [-0.05, 0) is 105 Å². The van der Waals surface area contributed by atoms with Gasteiger partial charge in [-0.2, -0.15) is 0 Å². The van der Waals surface area contributed by atoms with Gasteiger partial charge in [-0.25, -0.2) is 4.21 Å². The summed E-state index contributed by atoms with van der Waals surface area (Å²) in [5, 5.41) is 17.6. The molecule has 1 saturated heterocycles. The smallest absolute Gasteiger partial charge is 0.286 e. The second kappa shape index (κ2) is 16.8. The molecule has 14 nitrogen and oxygen atoms in total. The average Bonchev–Trinajstić information content (AvgIpc) is 3.51. The Morgan fingerprint density at radius 3 is 2.67 bits per heavy atom. The van der Waals surface area contributed by atoms with Crippen molar-refractivity contribution >= 4 is 44.9 Å². The van der Waals surface area contributed by atoms with E-state index in [1.807, 2.05) is 31.0 Å². The number of fused-ring (bicyclic) bond motifs is 4. The number of aliphatic hydroxyl groups is 1. The minimum atomic E-state index is -3.74. The molecule has 1 aromatic heterocycles. The molecule has 0 radical (unpaired) electrons. The summed E-state index contributed by atoms with van der Waals surface area (Å²) in [6, 6.07) is 11.3. The predicted molar refractivity (Wildman–Crippen MR) is 230 cm³/mol. The fourth-order valence-corrected chi connectivity index (χ4v) is 12.0. The second-order valence-corrected chi connectivity index (χ2v) is 20.1. The Hall–Kier alpha value is -4.44. The standard InChI is InChI=1S/C44H56ClN7O7S/c1-29-7-5-16-44(56,23-39(53)51-19-17-49(2)18-20-51)36-12-9-32(36)24-52-27-43(15-6-8-30-21-33(45)11-13-35(30)43)28-59-38-14-10-31(22-37(38)52)40(54)47-60(57,26-29)48-41(55)34-25-50(3)46-42(34)58-4/h5,10-11,13-14,16,21-22,25,29,32,36,56H,6-9,12,15,17-20,23-24,26-28H2,1-4H3,(H,47,48,54,55,57)/b16-5+/t29-,32-,36+,43-,44?,60-/m0/s1. The number of halogens is 1. The molecule has 3 amide bonds. The molecule has 1 saturated carbocycles. The van der Waals surface area contributed by atoms with Gasteiger partial charge >= 0.3 is 0 Å². The molecular formula is C44H56ClN7O7S. The molecule has 6 atom stereocenters. The van der Waals surface area contributed by atoms with E-state index in [1.54, 1.807) is 31.3 Å². The molecule has 3 aliphatic heterocycles. The number of methoxy groups -OCH3 is 1. The van der Waals surface area contributed by atoms with Crippen molar-refractivity contribution in [3.63, 3.8) is 0 Å². The van der Waals surface area contributed by atoms with Gasteiger partial charge in [0.15, 0.2) is 0 Å². The maximum absolute atomic E-state index is 14.8. The van der Waals surface area contributed by atoms with Crippen LogP contribution >= 0.6 is 11.6 Å². The highest BCUT2D eigenvalue weighted by atomic mass is 35.5. The maximum Gasteiger partial charge on any atom is 0.286 e. The number of nitrogens with zero attached hydrogens (tertiary/aromatic N) is 6. The molecule has 5 aliphatic rings. The fraction of sp³-hybridized carbons (Fsp3) is 0.545. The quantitative estimate of drug-likeness (QED) is 0.334. The highest BCUT2D eigenvalue weighted by Crippen LogP contribution is 2.49. The molecule has 322 valence electrons. The first kappa shape index (κ1) is 42.3. The van der Waals surface area contributed by atoms with Crippen LogP contribution in [0, 0.1) is 17.8 Å². The largest absolute Gasteiger partial charge is 0.490 e. The van der Waals surface area contributed by atoms with Gasteiger partial charge in [-0.3, -0.25) is 23.8 Å². The lowest BCUT2D eigenvalue weighted by Crippen LogP contribution is -2.55. The number of ether oxygens (including phenoxy) is 2. The maximum atomic E-state index is 14.8. The molecule has 2 bridgehead atoms. The van der Waals surface area contributed by atoms with E-state index >= 15 is 0 Å². The Morgan fingerprint density at radius 1 is 1.12 bits per heavy atom. The highest BCUT2D eigenvalue weighted by Gasteiger charge is 2.49. The van der Waals surface area contributed by atoms with E-state index in [2.05, 4.69) is 36.1 Å². The summed E-state index contributed by atoms with van der Waals surface area (Å²) >= 11 is 6.50. The van der Waals surface area contributed by atoms with Crippen LogP contribution in [0.2, 0.25) is 5.02 Å². The minimum Gasteiger partial charge on any atom is -0.490 e. The number of piperazine rings is 1. The highest BCUT2D eigenvalue weighted by molar-refractivity contribution is 7.92. The van der Waals surface area contributed by atoms with Gasteiger partial charge in [-0.1, -0.05) is 36.7 Å². The Balaban J connectivity index is 1.21. The summed E-state index contributed by atoms with van der Waals surface area (Å²) in [7, 11) is 1.33. The lowest BCUT2D eigenvalue weighted by Gasteiger charge is -2.49. The van der Waals surface area contributed by atoms with E-state index in [4.69, 9.17) is 21.1 Å². The third-order valence-corrected chi connectivity index (χ3v) is 15.5. The van der Waals surface area contributed by atoms with Crippen molar-refractivity contribution in [1.29, 1.82) is 0 Å². The van der Waals surface area contributed by atoms with Crippen LogP contribution in [0.5, 0.6) is 11.6 Å². The molecular weight excluding hydrogens is 806 g/mol. The van der Waals surface area contributed by atoms with E-state index in [0.717, 1.165) is 45.2 Å². The van der Waals surface area contributed by atoms with E-state index in [0.29, 0.717) is 55.7 Å². The van der Waals surface area contributed by atoms with Crippen LogP contribution in [0.1, 0.15) is 77.3 Å². The Morgan fingerprint density at radius 2 is 1.92 bits per heavy atom. The van der Waals surface area contributed by atoms with Crippen molar-refractivity contribution in [3.05, 3.63) is 82.0 Å². The van der Waals surface area contributed by atoms with E-state index in [1.165, 1.54) is 29.1 Å². The van der Waals surface area contributed by atoms with Crippen molar-refractivity contribution in [3.8, 4) is 11.6 Å². The Bertz CT molecular complexity index is 2320. The number of benzene rings is 2. The third-order valence-electron chi connectivity index (χ3n) is 13.3. The van der Waals surface area contributed by atoms with Gasteiger partial charge in [0.25, 0.3) is 11.8 Å². The van der Waals surface area contributed by atoms with Crippen LogP contribution in [-0.4, -0.2) is 118 Å². The van der Waals surface area contributed by atoms with Crippen molar-refractivity contribution in [1.82, 2.24) is 24.3 Å². The van der Waals surface area contributed by atoms with E-state index < -0.39 is 27.3 Å². The number of amides is 3. The average molecular weight is 862 g/mol. The SMILES string of the molecule is COc1nn(C)cc1C(=O)N[S@@]1(=O)=NC(=O)c2ccc3c(c2)N(C[C@@H]2CC[C@H]2C(O)(CC(=O)N2CCN(C)CC2)/C=C/C[C@H](C)C1)C[C@@]1(CCCc2cc(Cl)ccc21)CO3. The molecule has 2 aromatic carbocycles. The molecule has 2 fully saturated rings. The summed E-state index contributed by atoms with van der Waals surface area (Å²) in [5.41, 5.74) is 1.52. The van der Waals surface area contributed by atoms with Crippen molar-refractivity contribution < 1.29 is 33.2 Å². The van der Waals surface area contributed by atoms with Gasteiger partial charge < -0.3 is 29.3 Å². The van der Waals surface area contributed by atoms with Crippen LogP contribution in [0.25, 0.3) is 0 Å². The zero-order chi connectivity index (χ0) is 42.4. The summed E-state index contributed by atoms with van der Waals surface area (Å²) in [6.07, 6.45) is 9.76. The number of nitrogens with one attached hydrogen (secondary N) is 1. The van der Waals surface area contributed by atoms with Crippen LogP contribution in [0.15, 0.2) is 59.1 Å². The summed E-state index contributed by atoms with van der Waals surface area (Å²) < 4.78 is 35.1. The van der Waals surface area contributed by atoms with Crippen LogP contribution < -0.4 is 19.1 Å². The van der Waals surface area contributed by atoms with Gasteiger partial charge in [0.2, 0.25) is 11.8 Å². The number of rotatable bonds is 5. The number of carbonyl (C=O) groups is 3. The molecule has 1 unspecified atom stereocenters. The number of allylic oxidation sites excluding steroid dienone is 1. The number of hydrogen-bond donors (Lipinski definition) is 2. The summed E-state index contributed by atoms with van der Waals surface area (Å²) in [5.74, 6) is -1.60. The number of anilines is 1. The first-order valence-corrected chi connectivity index (χ1v) is 23.1. The molecule has 16 heteroatoms. The predicted octanol–water partition coefficient (Wildman–Crippen LogP) is 5.03. The fourth-order valence-electron chi connectivity index (χ4n) is 9.92. The molecule has 2 aliphatic carbocycles. The number of aromatic nitrogens is 2. The zero-order valence-corrected chi connectivity index (χ0v) is 36.5. The number of hydrogen-bond acceptors (Lipinski definition) is 10. The lowest BCUT2D eigenvalue weighted by atomic mass is 9.63. The van der Waals surface area contributed by atoms with Crippen molar-refractivity contribution in [2.45, 2.75) is 62.9 Å². The van der Waals surface area contributed by atoms with Gasteiger partial charge in [0, 0.05) is 68.5 Å². The Labute approximate surface area is 357 Å². The van der Waals surface area contributed by atoms with E-state index in [-0.39, 0.29) is 58.3 Å². The van der Waals surface area contributed by atoms with Crippen LogP contribution in [-0.2, 0) is 33.6 Å².